The van der Waals surface area contributed by atoms with Crippen molar-refractivity contribution in [3.63, 3.8) is 0 Å². The van der Waals surface area contributed by atoms with Crippen LogP contribution in [0.15, 0.2) is 65.7 Å². The predicted octanol–water partition coefficient (Wildman–Crippen LogP) is 2.95. The number of aromatic nitrogens is 1. The summed E-state index contributed by atoms with van der Waals surface area (Å²) in [5.74, 6) is 0.337. The van der Waals surface area contributed by atoms with Crippen molar-refractivity contribution in [3.05, 3.63) is 66.4 Å². The number of pyridine rings is 1. The molecule has 1 aliphatic heterocycles. The fourth-order valence-corrected chi connectivity index (χ4v) is 4.73. The summed E-state index contributed by atoms with van der Waals surface area (Å²) < 4.78 is 33.2. The molecule has 0 aliphatic carbocycles. The first-order valence-corrected chi connectivity index (χ1v) is 10.0. The van der Waals surface area contributed by atoms with Crippen LogP contribution in [-0.2, 0) is 10.0 Å². The van der Waals surface area contributed by atoms with Crippen LogP contribution in [0.2, 0.25) is 0 Å². The van der Waals surface area contributed by atoms with E-state index in [-0.39, 0.29) is 17.5 Å². The van der Waals surface area contributed by atoms with E-state index in [1.165, 1.54) is 10.5 Å². The normalized spacial score (nSPS) is 17.7. The van der Waals surface area contributed by atoms with Crippen LogP contribution in [0.25, 0.3) is 10.8 Å². The maximum atomic E-state index is 13.0. The highest BCUT2D eigenvalue weighted by molar-refractivity contribution is 7.89. The summed E-state index contributed by atoms with van der Waals surface area (Å²) in [7, 11) is -3.59. The van der Waals surface area contributed by atoms with E-state index in [0.717, 1.165) is 10.8 Å². The van der Waals surface area contributed by atoms with Gasteiger partial charge in [0.1, 0.15) is 6.10 Å². The van der Waals surface area contributed by atoms with Crippen LogP contribution in [0.3, 0.4) is 0 Å². The van der Waals surface area contributed by atoms with Gasteiger partial charge in [-0.05, 0) is 35.4 Å². The quantitative estimate of drug-likeness (QED) is 0.696. The molecule has 136 valence electrons. The fourth-order valence-electron chi connectivity index (χ4n) is 3.20. The molecule has 4 rings (SSSR count). The van der Waals surface area contributed by atoms with Gasteiger partial charge in [0.05, 0.1) is 23.1 Å². The summed E-state index contributed by atoms with van der Waals surface area (Å²) in [6, 6.07) is 18.0. The van der Waals surface area contributed by atoms with Gasteiger partial charge < -0.3 is 4.74 Å². The number of benzene rings is 2. The molecule has 1 aromatic heterocycles. The van der Waals surface area contributed by atoms with Crippen molar-refractivity contribution < 1.29 is 13.2 Å². The highest BCUT2D eigenvalue weighted by atomic mass is 32.2. The average molecular weight is 379 g/mol. The van der Waals surface area contributed by atoms with Gasteiger partial charge in [-0.2, -0.15) is 9.57 Å². The van der Waals surface area contributed by atoms with E-state index in [9.17, 15) is 8.42 Å². The molecule has 0 bridgehead atoms. The van der Waals surface area contributed by atoms with Crippen molar-refractivity contribution in [2.75, 3.05) is 13.1 Å². The van der Waals surface area contributed by atoms with E-state index in [1.54, 1.807) is 24.3 Å². The Balaban J connectivity index is 1.52. The van der Waals surface area contributed by atoms with Crippen molar-refractivity contribution in [1.82, 2.24) is 9.29 Å². The topological polar surface area (TPSA) is 83.3 Å². The maximum Gasteiger partial charge on any atom is 0.243 e. The summed E-state index contributed by atoms with van der Waals surface area (Å²) in [6.45, 7) is 0.644. The maximum absolute atomic E-state index is 13.0. The number of nitrogens with zero attached hydrogens (tertiary/aromatic N) is 3. The molecule has 7 heteroatoms. The van der Waals surface area contributed by atoms with E-state index in [1.807, 2.05) is 36.4 Å². The summed E-state index contributed by atoms with van der Waals surface area (Å²) in [6.07, 6.45) is 1.79. The van der Waals surface area contributed by atoms with Gasteiger partial charge in [0.15, 0.2) is 0 Å². The lowest BCUT2D eigenvalue weighted by molar-refractivity contribution is 0.207. The Morgan fingerprint density at radius 3 is 2.74 bits per heavy atom. The molecule has 27 heavy (non-hydrogen) atoms. The van der Waals surface area contributed by atoms with Crippen molar-refractivity contribution >= 4 is 20.8 Å². The Kier molecular flexibility index (Phi) is 4.52. The fraction of sp³-hybridized carbons (Fsp3) is 0.200. The minimum atomic E-state index is -3.59. The van der Waals surface area contributed by atoms with Crippen LogP contribution in [0.5, 0.6) is 5.88 Å². The Morgan fingerprint density at radius 1 is 1.11 bits per heavy atom. The summed E-state index contributed by atoms with van der Waals surface area (Å²) >= 11 is 0. The van der Waals surface area contributed by atoms with Crippen LogP contribution < -0.4 is 4.74 Å². The SMILES string of the molecule is N#Cc1ccnc(OC2CCN(S(=O)(=O)c3ccc4ccccc4c3)C2)c1. The lowest BCUT2D eigenvalue weighted by Gasteiger charge is -2.17. The molecular formula is C20H17N3O3S. The van der Waals surface area contributed by atoms with Crippen LogP contribution in [-0.4, -0.2) is 36.9 Å². The molecule has 0 amide bonds. The number of fused-ring (bicyclic) bond motifs is 1. The van der Waals surface area contributed by atoms with Crippen LogP contribution >= 0.6 is 0 Å². The molecule has 0 radical (unpaired) electrons. The molecule has 1 saturated heterocycles. The van der Waals surface area contributed by atoms with Gasteiger partial charge in [0.2, 0.25) is 15.9 Å². The lowest BCUT2D eigenvalue weighted by Crippen LogP contribution is -2.31. The van der Waals surface area contributed by atoms with E-state index in [4.69, 9.17) is 10.00 Å². The Bertz CT molecular complexity index is 1140. The number of sulfonamides is 1. The second kappa shape index (κ2) is 6.99. The molecule has 0 saturated carbocycles. The first-order valence-electron chi connectivity index (χ1n) is 8.58. The summed E-state index contributed by atoms with van der Waals surface area (Å²) in [4.78, 5) is 4.37. The first kappa shape index (κ1) is 17.5. The molecule has 2 heterocycles. The average Bonchev–Trinajstić information content (AvgIpc) is 3.17. The second-order valence-corrected chi connectivity index (χ2v) is 8.33. The van der Waals surface area contributed by atoms with Gasteiger partial charge in [-0.25, -0.2) is 13.4 Å². The molecule has 0 N–H and O–H groups in total. The number of rotatable bonds is 4. The van der Waals surface area contributed by atoms with Crippen molar-refractivity contribution in [1.29, 1.82) is 5.26 Å². The second-order valence-electron chi connectivity index (χ2n) is 6.40. The summed E-state index contributed by atoms with van der Waals surface area (Å²) in [5.41, 5.74) is 0.457. The van der Waals surface area contributed by atoms with E-state index >= 15 is 0 Å². The minimum absolute atomic E-state index is 0.258. The molecule has 1 fully saturated rings. The molecule has 2 aromatic carbocycles. The third-order valence-electron chi connectivity index (χ3n) is 4.62. The number of ether oxygens (including phenoxy) is 1. The summed E-state index contributed by atoms with van der Waals surface area (Å²) in [5, 5.41) is 10.8. The smallest absolute Gasteiger partial charge is 0.243 e. The van der Waals surface area contributed by atoms with Crippen LogP contribution in [0.1, 0.15) is 12.0 Å². The lowest BCUT2D eigenvalue weighted by atomic mass is 10.1. The molecule has 1 atom stereocenters. The molecular weight excluding hydrogens is 362 g/mol. The Labute approximate surface area is 157 Å². The number of hydrogen-bond donors (Lipinski definition) is 0. The highest BCUT2D eigenvalue weighted by Crippen LogP contribution is 2.26. The first-order chi connectivity index (χ1) is 13.1. The monoisotopic (exact) mass is 379 g/mol. The van der Waals surface area contributed by atoms with E-state index in [0.29, 0.717) is 24.4 Å². The van der Waals surface area contributed by atoms with Gasteiger partial charge in [0.25, 0.3) is 0 Å². The molecule has 1 unspecified atom stereocenters. The zero-order valence-electron chi connectivity index (χ0n) is 14.4. The molecule has 6 nitrogen and oxygen atoms in total. The molecule has 3 aromatic rings. The van der Waals surface area contributed by atoms with Gasteiger partial charge in [-0.3, -0.25) is 0 Å². The standard InChI is InChI=1S/C20H17N3O3S/c21-13-15-7-9-22-20(11-15)26-18-8-10-23(14-18)27(24,25)19-6-5-16-3-1-2-4-17(16)12-19/h1-7,9,11-12,18H,8,10,14H2. The third kappa shape index (κ3) is 3.50. The Morgan fingerprint density at radius 2 is 1.93 bits per heavy atom. The Hall–Kier alpha value is -2.95. The highest BCUT2D eigenvalue weighted by Gasteiger charge is 2.34. The van der Waals surface area contributed by atoms with Gasteiger partial charge in [0, 0.05) is 18.8 Å². The predicted molar refractivity (Wildman–Crippen MR) is 101 cm³/mol. The number of hydrogen-bond acceptors (Lipinski definition) is 5. The van der Waals surface area contributed by atoms with Gasteiger partial charge in [-0.15, -0.1) is 0 Å². The minimum Gasteiger partial charge on any atom is -0.473 e. The zero-order chi connectivity index (χ0) is 18.9. The van der Waals surface area contributed by atoms with Crippen molar-refractivity contribution in [3.8, 4) is 11.9 Å². The van der Waals surface area contributed by atoms with E-state index < -0.39 is 10.0 Å². The van der Waals surface area contributed by atoms with Crippen LogP contribution in [0.4, 0.5) is 0 Å². The number of nitriles is 1. The molecule has 1 aliphatic rings. The largest absolute Gasteiger partial charge is 0.473 e. The molecule has 0 spiro atoms. The zero-order valence-corrected chi connectivity index (χ0v) is 15.3. The third-order valence-corrected chi connectivity index (χ3v) is 6.48. The van der Waals surface area contributed by atoms with Crippen LogP contribution in [0, 0.1) is 11.3 Å². The van der Waals surface area contributed by atoms with Gasteiger partial charge in [-0.1, -0.05) is 30.3 Å². The van der Waals surface area contributed by atoms with Gasteiger partial charge >= 0.3 is 0 Å². The van der Waals surface area contributed by atoms with E-state index in [2.05, 4.69) is 4.98 Å². The van der Waals surface area contributed by atoms with Crippen molar-refractivity contribution in [2.24, 2.45) is 0 Å². The van der Waals surface area contributed by atoms with Crippen molar-refractivity contribution in [2.45, 2.75) is 17.4 Å².